The Bertz CT molecular complexity index is 183. The average Bonchev–Trinajstić information content (AvgIpc) is 2.16. The lowest BCUT2D eigenvalue weighted by molar-refractivity contribution is -0.121. The minimum atomic E-state index is -0.366. The molecule has 1 unspecified atom stereocenters. The third kappa shape index (κ3) is 1.23. The van der Waals surface area contributed by atoms with Gasteiger partial charge in [0, 0.05) is 13.1 Å². The fraction of sp³-hybridized carbons (Fsp3) is 0.857. The van der Waals surface area contributed by atoms with Gasteiger partial charge < -0.3 is 10.4 Å². The Labute approximate surface area is 65.2 Å². The van der Waals surface area contributed by atoms with E-state index in [9.17, 15) is 9.90 Å². The van der Waals surface area contributed by atoms with Gasteiger partial charge in [-0.3, -0.25) is 9.69 Å². The second-order valence-electron chi connectivity index (χ2n) is 3.27. The van der Waals surface area contributed by atoms with Crippen molar-refractivity contribution in [1.82, 2.24) is 10.2 Å². The Hall–Kier alpha value is -0.610. The smallest absolute Gasteiger partial charge is 0.234 e. The van der Waals surface area contributed by atoms with E-state index in [1.165, 1.54) is 0 Å². The van der Waals surface area contributed by atoms with Crippen LogP contribution in [0.4, 0.5) is 0 Å². The van der Waals surface area contributed by atoms with Crippen LogP contribution in [0.1, 0.15) is 6.42 Å². The summed E-state index contributed by atoms with van der Waals surface area (Å²) in [6.07, 6.45) is 0.516. The third-order valence-corrected chi connectivity index (χ3v) is 2.38. The largest absolute Gasteiger partial charge is 0.390 e. The fourth-order valence-corrected chi connectivity index (χ4v) is 1.76. The minimum absolute atomic E-state index is 0.00116. The molecule has 0 saturated carbocycles. The van der Waals surface area contributed by atoms with Crippen LogP contribution in [0.15, 0.2) is 0 Å². The summed E-state index contributed by atoms with van der Waals surface area (Å²) >= 11 is 0. The van der Waals surface area contributed by atoms with Gasteiger partial charge in [0.05, 0.1) is 18.7 Å². The van der Waals surface area contributed by atoms with Crippen molar-refractivity contribution in [2.75, 3.05) is 19.6 Å². The van der Waals surface area contributed by atoms with E-state index < -0.39 is 0 Å². The monoisotopic (exact) mass is 156 g/mol. The number of nitrogens with zero attached hydrogens (tertiary/aromatic N) is 1. The van der Waals surface area contributed by atoms with Crippen LogP contribution in [0, 0.1) is 0 Å². The number of piperidine rings is 1. The van der Waals surface area contributed by atoms with E-state index in [4.69, 9.17) is 0 Å². The van der Waals surface area contributed by atoms with Gasteiger partial charge >= 0.3 is 0 Å². The van der Waals surface area contributed by atoms with Crippen LogP contribution in [-0.4, -0.2) is 47.7 Å². The molecular weight excluding hydrogens is 144 g/mol. The molecule has 3 saturated heterocycles. The predicted octanol–water partition coefficient (Wildman–Crippen LogP) is -1.45. The van der Waals surface area contributed by atoms with Crippen molar-refractivity contribution < 1.29 is 9.90 Å². The molecule has 3 aliphatic rings. The molecule has 0 aromatic rings. The second-order valence-corrected chi connectivity index (χ2v) is 3.27. The van der Waals surface area contributed by atoms with E-state index >= 15 is 0 Å². The quantitative estimate of drug-likeness (QED) is 0.451. The summed E-state index contributed by atoms with van der Waals surface area (Å²) in [5.74, 6) is 0.0454. The normalized spacial score (nSPS) is 43.4. The van der Waals surface area contributed by atoms with Crippen molar-refractivity contribution in [2.45, 2.75) is 18.6 Å². The minimum Gasteiger partial charge on any atom is -0.390 e. The zero-order valence-corrected chi connectivity index (χ0v) is 6.29. The van der Waals surface area contributed by atoms with Gasteiger partial charge in [0.15, 0.2) is 0 Å². The van der Waals surface area contributed by atoms with E-state index in [2.05, 4.69) is 5.32 Å². The van der Waals surface area contributed by atoms with Gasteiger partial charge in [0.25, 0.3) is 0 Å². The lowest BCUT2D eigenvalue weighted by atomic mass is 10.0. The van der Waals surface area contributed by atoms with Crippen LogP contribution in [0.25, 0.3) is 0 Å². The number of fused-ring (bicyclic) bond motifs is 4. The number of hydrogen-bond acceptors (Lipinski definition) is 3. The first kappa shape index (κ1) is 7.06. The molecule has 0 aromatic carbocycles. The van der Waals surface area contributed by atoms with Gasteiger partial charge in [-0.05, 0) is 6.42 Å². The summed E-state index contributed by atoms with van der Waals surface area (Å²) in [5.41, 5.74) is 0. The average molecular weight is 156 g/mol. The number of nitrogens with one attached hydrogen (secondary N) is 1. The van der Waals surface area contributed by atoms with Crippen LogP contribution < -0.4 is 5.32 Å². The Morgan fingerprint density at radius 2 is 2.45 bits per heavy atom. The van der Waals surface area contributed by atoms with Crippen LogP contribution in [-0.2, 0) is 4.79 Å². The van der Waals surface area contributed by atoms with E-state index in [1.54, 1.807) is 0 Å². The molecule has 0 aromatic heterocycles. The molecule has 3 atom stereocenters. The molecule has 0 spiro atoms. The maximum atomic E-state index is 11.0. The molecule has 2 N–H and O–H groups in total. The van der Waals surface area contributed by atoms with Crippen molar-refractivity contribution in [3.8, 4) is 0 Å². The Balaban J connectivity index is 2.16. The topological polar surface area (TPSA) is 52.6 Å². The van der Waals surface area contributed by atoms with E-state index in [0.29, 0.717) is 13.1 Å². The summed E-state index contributed by atoms with van der Waals surface area (Å²) in [5, 5.41) is 12.2. The summed E-state index contributed by atoms with van der Waals surface area (Å²) in [7, 11) is 0. The van der Waals surface area contributed by atoms with Crippen molar-refractivity contribution in [2.24, 2.45) is 0 Å². The van der Waals surface area contributed by atoms with Crippen LogP contribution in [0.2, 0.25) is 0 Å². The second kappa shape index (κ2) is 2.46. The Morgan fingerprint density at radius 3 is 3.18 bits per heavy atom. The summed E-state index contributed by atoms with van der Waals surface area (Å²) < 4.78 is 0. The van der Waals surface area contributed by atoms with Crippen LogP contribution >= 0.6 is 0 Å². The molecular formula is C7H12N2O2. The zero-order chi connectivity index (χ0) is 7.84. The molecule has 3 aliphatic heterocycles. The first-order chi connectivity index (χ1) is 5.25. The van der Waals surface area contributed by atoms with Gasteiger partial charge in [-0.25, -0.2) is 0 Å². The zero-order valence-electron chi connectivity index (χ0n) is 6.29. The first-order valence-electron chi connectivity index (χ1n) is 3.95. The van der Waals surface area contributed by atoms with Crippen molar-refractivity contribution in [3.63, 3.8) is 0 Å². The molecule has 1 amide bonds. The van der Waals surface area contributed by atoms with E-state index in [0.717, 1.165) is 13.0 Å². The molecule has 0 aliphatic carbocycles. The SMILES string of the molecule is O=C1CN2CC[C@H](N1)[C@H](O)C2. The molecule has 2 bridgehead atoms. The standard InChI is InChI=1S/C7H12N2O2/c10-6-3-9-2-1-5(6)8-7(11)4-9/h5-6,10H,1-4H2,(H,8,11)/t5-,6+/m0/s1. The first-order valence-corrected chi connectivity index (χ1v) is 3.95. The van der Waals surface area contributed by atoms with Gasteiger partial charge in [0.2, 0.25) is 5.91 Å². The number of rotatable bonds is 0. The number of hydrogen-bond donors (Lipinski definition) is 2. The molecule has 0 radical (unpaired) electrons. The maximum absolute atomic E-state index is 11.0. The van der Waals surface area contributed by atoms with Crippen molar-refractivity contribution in [1.29, 1.82) is 0 Å². The molecule has 4 heteroatoms. The number of carbonyl (C=O) groups excluding carboxylic acids is 1. The highest BCUT2D eigenvalue weighted by molar-refractivity contribution is 5.79. The highest BCUT2D eigenvalue weighted by Crippen LogP contribution is 2.13. The Morgan fingerprint density at radius 1 is 1.64 bits per heavy atom. The van der Waals surface area contributed by atoms with Crippen LogP contribution in [0.5, 0.6) is 0 Å². The van der Waals surface area contributed by atoms with Gasteiger partial charge in [-0.1, -0.05) is 0 Å². The lowest BCUT2D eigenvalue weighted by Crippen LogP contribution is -2.47. The molecule has 3 fully saturated rings. The van der Waals surface area contributed by atoms with E-state index in [1.807, 2.05) is 4.90 Å². The van der Waals surface area contributed by atoms with Crippen molar-refractivity contribution >= 4 is 5.91 Å². The molecule has 4 nitrogen and oxygen atoms in total. The summed E-state index contributed by atoms with van der Waals surface area (Å²) in [4.78, 5) is 13.0. The number of carbonyl (C=O) groups is 1. The number of aliphatic hydroxyl groups excluding tert-OH is 1. The van der Waals surface area contributed by atoms with Gasteiger partial charge in [0.1, 0.15) is 0 Å². The molecule has 3 rings (SSSR count). The number of aliphatic hydroxyl groups is 1. The fourth-order valence-electron chi connectivity index (χ4n) is 1.76. The predicted molar refractivity (Wildman–Crippen MR) is 39.0 cm³/mol. The highest BCUT2D eigenvalue weighted by atomic mass is 16.3. The van der Waals surface area contributed by atoms with Crippen molar-refractivity contribution in [3.05, 3.63) is 0 Å². The Kier molecular flexibility index (Phi) is 1.58. The highest BCUT2D eigenvalue weighted by Gasteiger charge is 2.33. The summed E-state index contributed by atoms with van der Waals surface area (Å²) in [6.45, 7) is 2.03. The maximum Gasteiger partial charge on any atom is 0.234 e. The summed E-state index contributed by atoms with van der Waals surface area (Å²) in [6, 6.07) is 0.00116. The molecule has 11 heavy (non-hydrogen) atoms. The van der Waals surface area contributed by atoms with Gasteiger partial charge in [-0.15, -0.1) is 0 Å². The van der Waals surface area contributed by atoms with Gasteiger partial charge in [-0.2, -0.15) is 0 Å². The third-order valence-electron chi connectivity index (χ3n) is 2.38. The lowest BCUT2D eigenvalue weighted by Gasteiger charge is -2.30. The molecule has 62 valence electrons. The van der Waals surface area contributed by atoms with E-state index in [-0.39, 0.29) is 18.1 Å². The molecule has 3 heterocycles. The number of amides is 1. The van der Waals surface area contributed by atoms with Crippen LogP contribution in [0.3, 0.4) is 0 Å².